The maximum absolute atomic E-state index is 9.57. The quantitative estimate of drug-likeness (QED) is 0.390. The van der Waals surface area contributed by atoms with Crippen molar-refractivity contribution in [2.75, 3.05) is 0 Å². The number of hydrogen-bond acceptors (Lipinski definition) is 5. The van der Waals surface area contributed by atoms with Crippen molar-refractivity contribution < 1.29 is 24.3 Å². The molecule has 15 heteroatoms. The average molecular weight is 531 g/mol. The SMILES string of the molecule is C[C@H](N)C(=O)O.O=CC(Cl)(Cl)Cl.O=CC(Cl)(Cl)Cl.O=CC(Cl)(Cl)Cl. The number of carbonyl (C=O) groups is 4. The monoisotopic (exact) mass is 527 g/mol. The van der Waals surface area contributed by atoms with Crippen molar-refractivity contribution in [1.82, 2.24) is 0 Å². The van der Waals surface area contributed by atoms with Gasteiger partial charge in [0.1, 0.15) is 6.04 Å². The van der Waals surface area contributed by atoms with Gasteiger partial charge in [-0.05, 0) is 6.92 Å². The maximum atomic E-state index is 9.57. The minimum Gasteiger partial charge on any atom is -0.480 e. The molecule has 0 spiro atoms. The van der Waals surface area contributed by atoms with Crippen LogP contribution in [0, 0.1) is 0 Å². The van der Waals surface area contributed by atoms with Crippen LogP contribution in [0.5, 0.6) is 0 Å². The summed E-state index contributed by atoms with van der Waals surface area (Å²) in [7, 11) is 0. The molecule has 0 aliphatic rings. The summed E-state index contributed by atoms with van der Waals surface area (Å²) < 4.78 is -5.17. The van der Waals surface area contributed by atoms with Gasteiger partial charge in [-0.1, -0.05) is 104 Å². The van der Waals surface area contributed by atoms with E-state index in [1.165, 1.54) is 6.92 Å². The average Bonchev–Trinajstić information content (AvgIpc) is 2.38. The molecule has 0 radical (unpaired) electrons. The van der Waals surface area contributed by atoms with E-state index < -0.39 is 23.4 Å². The number of halogens is 9. The number of aldehydes is 3. The molecule has 0 fully saturated rings. The molecule has 1 atom stereocenters. The van der Waals surface area contributed by atoms with E-state index in [0.717, 1.165) is 0 Å². The van der Waals surface area contributed by atoms with Crippen LogP contribution in [0.15, 0.2) is 0 Å². The van der Waals surface area contributed by atoms with E-state index in [9.17, 15) is 19.2 Å². The molecule has 0 saturated carbocycles. The Labute approximate surface area is 182 Å². The Balaban J connectivity index is -0.000000111. The van der Waals surface area contributed by atoms with Crippen LogP contribution in [-0.4, -0.2) is 47.4 Å². The van der Waals surface area contributed by atoms with E-state index in [0.29, 0.717) is 0 Å². The van der Waals surface area contributed by atoms with Crippen molar-refractivity contribution in [2.24, 2.45) is 5.73 Å². The zero-order chi connectivity index (χ0) is 20.8. The first kappa shape index (κ1) is 32.7. The molecule has 0 aromatic heterocycles. The fourth-order valence-electron chi connectivity index (χ4n) is 0. The molecule has 3 N–H and O–H groups in total. The Morgan fingerprint density at radius 3 is 0.875 bits per heavy atom. The molecule has 0 saturated heterocycles. The van der Waals surface area contributed by atoms with Gasteiger partial charge in [0.2, 0.25) is 11.4 Å². The number of carbonyl (C=O) groups excluding carboxylic acids is 3. The first-order valence-corrected chi connectivity index (χ1v) is 8.30. The standard InChI is InChI=1S/C3H7NO2.3C2HCl3O/c1-2(4)3(5)6;3*3-2(4,5)1-6/h2H,4H2,1H3,(H,5,6);3*1H/t2-;;;/m0.../s1. The molecule has 0 aromatic rings. The van der Waals surface area contributed by atoms with Crippen molar-refractivity contribution in [3.63, 3.8) is 0 Å². The van der Waals surface area contributed by atoms with E-state index in [-0.39, 0.29) is 18.9 Å². The fraction of sp³-hybridized carbons (Fsp3) is 0.556. The Morgan fingerprint density at radius 1 is 0.792 bits per heavy atom. The summed E-state index contributed by atoms with van der Waals surface area (Å²) in [6, 6.07) is -0.731. The minimum absolute atomic E-state index is 0.234. The predicted molar refractivity (Wildman–Crippen MR) is 100 cm³/mol. The molecule has 6 nitrogen and oxygen atoms in total. The van der Waals surface area contributed by atoms with E-state index >= 15 is 0 Å². The molecule has 0 heterocycles. The van der Waals surface area contributed by atoms with Crippen molar-refractivity contribution in [1.29, 1.82) is 0 Å². The van der Waals surface area contributed by atoms with Crippen molar-refractivity contribution in [2.45, 2.75) is 24.3 Å². The highest BCUT2D eigenvalue weighted by Gasteiger charge is 2.17. The lowest BCUT2D eigenvalue weighted by Crippen LogP contribution is -2.25. The van der Waals surface area contributed by atoms with Gasteiger partial charge in [0.05, 0.1) is 0 Å². The number of carboxylic acid groups (broad SMARTS) is 1. The van der Waals surface area contributed by atoms with Crippen LogP contribution in [0.25, 0.3) is 0 Å². The summed E-state index contributed by atoms with van der Waals surface area (Å²) in [4.78, 5) is 37.9. The Morgan fingerprint density at radius 2 is 0.875 bits per heavy atom. The highest BCUT2D eigenvalue weighted by molar-refractivity contribution is 6.75. The summed E-state index contributed by atoms with van der Waals surface area (Å²) in [6.07, 6.45) is 0.701. The smallest absolute Gasteiger partial charge is 0.320 e. The molecule has 24 heavy (non-hydrogen) atoms. The predicted octanol–water partition coefficient (Wildman–Crippen LogP) is 4.08. The van der Waals surface area contributed by atoms with Crippen LogP contribution in [0.1, 0.15) is 6.92 Å². The molecule has 0 aliphatic heterocycles. The summed E-state index contributed by atoms with van der Waals surface area (Å²) in [5.41, 5.74) is 4.84. The lowest BCUT2D eigenvalue weighted by atomic mass is 10.4. The summed E-state index contributed by atoms with van der Waals surface area (Å²) >= 11 is 43.9. The highest BCUT2D eigenvalue weighted by atomic mass is 35.6. The van der Waals surface area contributed by atoms with Crippen LogP contribution >= 0.6 is 104 Å². The lowest BCUT2D eigenvalue weighted by molar-refractivity contribution is -0.138. The molecule has 0 aliphatic carbocycles. The zero-order valence-corrected chi connectivity index (χ0v) is 18.2. The first-order chi connectivity index (χ1) is 10.3. The Hall–Kier alpha value is 1.05. The van der Waals surface area contributed by atoms with Crippen LogP contribution in [0.3, 0.4) is 0 Å². The summed E-state index contributed by atoms with van der Waals surface area (Å²) in [5, 5.41) is 7.87. The molecular formula is C9H10Cl9NO5. The van der Waals surface area contributed by atoms with Gasteiger partial charge < -0.3 is 10.8 Å². The molecular weight excluding hydrogens is 521 g/mol. The zero-order valence-electron chi connectivity index (χ0n) is 11.4. The molecule has 0 amide bonds. The van der Waals surface area contributed by atoms with Gasteiger partial charge in [0, 0.05) is 0 Å². The van der Waals surface area contributed by atoms with Gasteiger partial charge in [-0.3, -0.25) is 19.2 Å². The fourth-order valence-corrected chi connectivity index (χ4v) is 0. The third-order valence-electron chi connectivity index (χ3n) is 0.790. The summed E-state index contributed by atoms with van der Waals surface area (Å²) in [6.45, 7) is 1.42. The Bertz CT molecular complexity index is 330. The second-order valence-electron chi connectivity index (χ2n) is 3.11. The normalized spacial score (nSPS) is 11.8. The van der Waals surface area contributed by atoms with Gasteiger partial charge in [-0.2, -0.15) is 0 Å². The third kappa shape index (κ3) is 56.8. The second kappa shape index (κ2) is 16.2. The summed E-state index contributed by atoms with van der Waals surface area (Å²) in [5.74, 6) is -0.963. The van der Waals surface area contributed by atoms with E-state index in [1.807, 2.05) is 0 Å². The molecule has 0 unspecified atom stereocenters. The second-order valence-corrected chi connectivity index (χ2v) is 10.2. The number of alkyl halides is 9. The third-order valence-corrected chi connectivity index (χ3v) is 1.59. The number of carboxylic acids is 1. The van der Waals surface area contributed by atoms with E-state index in [2.05, 4.69) is 0 Å². The van der Waals surface area contributed by atoms with Crippen molar-refractivity contribution in [3.05, 3.63) is 0 Å². The largest absolute Gasteiger partial charge is 0.480 e. The number of hydrogen-bond donors (Lipinski definition) is 2. The maximum Gasteiger partial charge on any atom is 0.320 e. The lowest BCUT2D eigenvalue weighted by Gasteiger charge is -1.93. The van der Waals surface area contributed by atoms with Crippen LogP contribution in [0.4, 0.5) is 0 Å². The van der Waals surface area contributed by atoms with Crippen LogP contribution in [-0.2, 0) is 19.2 Å². The number of aliphatic carboxylic acids is 1. The van der Waals surface area contributed by atoms with Gasteiger partial charge in [0.25, 0.3) is 0 Å². The Kier molecular flexibility index (Phi) is 22.1. The molecule has 0 aromatic carbocycles. The van der Waals surface area contributed by atoms with Gasteiger partial charge in [-0.15, -0.1) is 0 Å². The van der Waals surface area contributed by atoms with Crippen molar-refractivity contribution in [3.8, 4) is 0 Å². The number of rotatable bonds is 1. The van der Waals surface area contributed by atoms with Crippen LogP contribution in [0.2, 0.25) is 0 Å². The topological polar surface area (TPSA) is 115 Å². The minimum atomic E-state index is -1.72. The van der Waals surface area contributed by atoms with E-state index in [1.54, 1.807) is 0 Å². The van der Waals surface area contributed by atoms with Gasteiger partial charge in [0.15, 0.2) is 18.9 Å². The van der Waals surface area contributed by atoms with Gasteiger partial charge >= 0.3 is 5.97 Å². The molecule has 0 bridgehead atoms. The van der Waals surface area contributed by atoms with Gasteiger partial charge in [-0.25, -0.2) is 0 Å². The van der Waals surface area contributed by atoms with Crippen LogP contribution < -0.4 is 5.73 Å². The number of nitrogens with two attached hydrogens (primary N) is 1. The molecule has 0 rings (SSSR count). The molecule has 144 valence electrons. The van der Waals surface area contributed by atoms with E-state index in [4.69, 9.17) is 115 Å². The highest BCUT2D eigenvalue weighted by Crippen LogP contribution is 2.22. The van der Waals surface area contributed by atoms with Crippen molar-refractivity contribution >= 4 is 129 Å². The first-order valence-electron chi connectivity index (χ1n) is 4.90.